The Labute approximate surface area is 119 Å². The average Bonchev–Trinajstić information content (AvgIpc) is 2.41. The van der Waals surface area contributed by atoms with Crippen molar-refractivity contribution in [1.82, 2.24) is 0 Å². The molecule has 2 N–H and O–H groups in total. The van der Waals surface area contributed by atoms with Crippen molar-refractivity contribution in [3.63, 3.8) is 0 Å². The van der Waals surface area contributed by atoms with Gasteiger partial charge in [0.25, 0.3) is 0 Å². The summed E-state index contributed by atoms with van der Waals surface area (Å²) in [5, 5.41) is 0. The summed E-state index contributed by atoms with van der Waals surface area (Å²) in [6, 6.07) is 9.61. The van der Waals surface area contributed by atoms with Gasteiger partial charge in [0, 0.05) is 10.0 Å². The molecule has 0 aromatic heterocycles. The van der Waals surface area contributed by atoms with E-state index in [2.05, 4.69) is 54.0 Å². The number of piperazine rings is 1. The molecular weight excluding hydrogens is 288 g/mol. The van der Waals surface area contributed by atoms with E-state index in [4.69, 9.17) is 0 Å². The third-order valence-corrected chi connectivity index (χ3v) is 4.80. The summed E-state index contributed by atoms with van der Waals surface area (Å²) in [6.45, 7) is 11.2. The van der Waals surface area contributed by atoms with Crippen LogP contribution in [0.2, 0.25) is 0 Å². The van der Waals surface area contributed by atoms with E-state index in [0.29, 0.717) is 0 Å². The second-order valence-corrected chi connectivity index (χ2v) is 6.44. The Bertz CT molecular complexity index is 355. The van der Waals surface area contributed by atoms with Crippen LogP contribution in [-0.2, 0) is 6.54 Å². The quantitative estimate of drug-likeness (QED) is 0.802. The molecule has 0 aliphatic carbocycles. The first-order valence-electron chi connectivity index (χ1n) is 7.11. The highest BCUT2D eigenvalue weighted by molar-refractivity contribution is 9.10. The number of nitrogens with one attached hydrogen (secondary N) is 2. The Morgan fingerprint density at radius 2 is 1.72 bits per heavy atom. The molecule has 0 bridgehead atoms. The van der Waals surface area contributed by atoms with Gasteiger partial charge in [-0.15, -0.1) is 0 Å². The molecule has 1 aliphatic heterocycles. The number of halogens is 1. The highest BCUT2D eigenvalue weighted by Gasteiger charge is 2.25. The standard InChI is InChI=1S/C15H23BrN2/c1-3-13(2)18-10-8-17(9-11-18)12-14-4-6-15(16)7-5-14/h4-7,13H,3,8-12H2,1-2H3/p+2. The normalized spacial score (nSPS) is 25.9. The zero-order valence-corrected chi connectivity index (χ0v) is 13.1. The fourth-order valence-corrected chi connectivity index (χ4v) is 3.04. The molecule has 2 nitrogen and oxygen atoms in total. The largest absolute Gasteiger partial charge is 0.323 e. The molecule has 100 valence electrons. The van der Waals surface area contributed by atoms with Gasteiger partial charge in [-0.2, -0.15) is 0 Å². The van der Waals surface area contributed by atoms with Crippen molar-refractivity contribution < 1.29 is 9.80 Å². The van der Waals surface area contributed by atoms with Crippen LogP contribution in [0, 0.1) is 0 Å². The predicted molar refractivity (Wildman–Crippen MR) is 79.0 cm³/mol. The van der Waals surface area contributed by atoms with Crippen LogP contribution in [0.25, 0.3) is 0 Å². The highest BCUT2D eigenvalue weighted by atomic mass is 79.9. The van der Waals surface area contributed by atoms with Gasteiger partial charge in [0.05, 0.1) is 6.04 Å². The Balaban J connectivity index is 1.81. The van der Waals surface area contributed by atoms with Crippen LogP contribution in [0.1, 0.15) is 25.8 Å². The van der Waals surface area contributed by atoms with E-state index < -0.39 is 0 Å². The Kier molecular flexibility index (Phi) is 5.22. The molecular formula is C15H25BrN2+2. The molecule has 0 amide bonds. The fourth-order valence-electron chi connectivity index (χ4n) is 2.77. The van der Waals surface area contributed by atoms with Crippen LogP contribution in [-0.4, -0.2) is 32.2 Å². The van der Waals surface area contributed by atoms with Gasteiger partial charge in [0.2, 0.25) is 0 Å². The average molecular weight is 313 g/mol. The second-order valence-electron chi connectivity index (χ2n) is 5.52. The molecule has 1 fully saturated rings. The summed E-state index contributed by atoms with van der Waals surface area (Å²) in [6.07, 6.45) is 1.30. The van der Waals surface area contributed by atoms with E-state index >= 15 is 0 Å². The van der Waals surface area contributed by atoms with Crippen LogP contribution in [0.5, 0.6) is 0 Å². The van der Waals surface area contributed by atoms with Gasteiger partial charge in [-0.05, 0) is 25.5 Å². The van der Waals surface area contributed by atoms with Gasteiger partial charge >= 0.3 is 0 Å². The predicted octanol–water partition coefficient (Wildman–Crippen LogP) is 0.531. The van der Waals surface area contributed by atoms with E-state index in [9.17, 15) is 0 Å². The van der Waals surface area contributed by atoms with Crippen molar-refractivity contribution >= 4 is 15.9 Å². The molecule has 1 aromatic rings. The van der Waals surface area contributed by atoms with Crippen molar-refractivity contribution in [2.24, 2.45) is 0 Å². The lowest BCUT2D eigenvalue weighted by Gasteiger charge is -2.33. The van der Waals surface area contributed by atoms with E-state index in [0.717, 1.165) is 6.04 Å². The number of quaternary nitrogens is 2. The Morgan fingerprint density at radius 3 is 2.28 bits per heavy atom. The van der Waals surface area contributed by atoms with Crippen molar-refractivity contribution in [3.05, 3.63) is 34.3 Å². The number of benzene rings is 1. The Morgan fingerprint density at radius 1 is 1.11 bits per heavy atom. The van der Waals surface area contributed by atoms with Crippen molar-refractivity contribution in [2.75, 3.05) is 26.2 Å². The van der Waals surface area contributed by atoms with E-state index in [-0.39, 0.29) is 0 Å². The molecule has 0 radical (unpaired) electrons. The van der Waals surface area contributed by atoms with Crippen molar-refractivity contribution in [2.45, 2.75) is 32.9 Å². The topological polar surface area (TPSA) is 8.88 Å². The maximum absolute atomic E-state index is 3.49. The third kappa shape index (κ3) is 3.81. The summed E-state index contributed by atoms with van der Waals surface area (Å²) >= 11 is 3.49. The smallest absolute Gasteiger partial charge is 0.127 e. The first kappa shape index (κ1) is 14.0. The van der Waals surface area contributed by atoms with Crippen LogP contribution >= 0.6 is 15.9 Å². The first-order chi connectivity index (χ1) is 8.69. The zero-order valence-electron chi connectivity index (χ0n) is 11.5. The van der Waals surface area contributed by atoms with E-state index in [1.165, 1.54) is 49.2 Å². The molecule has 1 aliphatic rings. The SMILES string of the molecule is CCC(C)[NH+]1CC[NH+](Cc2ccc(Br)cc2)CC1. The van der Waals surface area contributed by atoms with Crippen molar-refractivity contribution in [1.29, 1.82) is 0 Å². The van der Waals surface area contributed by atoms with Crippen LogP contribution in [0.3, 0.4) is 0 Å². The minimum atomic E-state index is 0.833. The molecule has 1 unspecified atom stereocenters. The molecule has 18 heavy (non-hydrogen) atoms. The lowest BCUT2D eigenvalue weighted by atomic mass is 10.1. The molecule has 0 spiro atoms. The molecule has 3 heteroatoms. The highest BCUT2D eigenvalue weighted by Crippen LogP contribution is 2.09. The minimum absolute atomic E-state index is 0.833. The summed E-state index contributed by atoms with van der Waals surface area (Å²) in [4.78, 5) is 3.54. The Hall–Kier alpha value is -0.380. The van der Waals surface area contributed by atoms with Crippen molar-refractivity contribution in [3.8, 4) is 0 Å². The fraction of sp³-hybridized carbons (Fsp3) is 0.600. The zero-order chi connectivity index (χ0) is 13.0. The van der Waals surface area contributed by atoms with Gasteiger partial charge in [-0.1, -0.05) is 35.0 Å². The maximum atomic E-state index is 3.49. The minimum Gasteiger partial charge on any atom is -0.323 e. The maximum Gasteiger partial charge on any atom is 0.127 e. The van der Waals surface area contributed by atoms with Crippen LogP contribution < -0.4 is 9.80 Å². The van der Waals surface area contributed by atoms with E-state index in [1.807, 2.05) is 0 Å². The molecule has 1 heterocycles. The third-order valence-electron chi connectivity index (χ3n) is 4.28. The number of hydrogen-bond donors (Lipinski definition) is 2. The van der Waals surface area contributed by atoms with Gasteiger partial charge in [0.15, 0.2) is 0 Å². The first-order valence-corrected chi connectivity index (χ1v) is 7.91. The van der Waals surface area contributed by atoms with Gasteiger partial charge < -0.3 is 9.80 Å². The lowest BCUT2D eigenvalue weighted by Crippen LogP contribution is -3.29. The van der Waals surface area contributed by atoms with E-state index in [1.54, 1.807) is 9.80 Å². The number of rotatable bonds is 4. The summed E-state index contributed by atoms with van der Waals surface area (Å²) in [5.74, 6) is 0. The van der Waals surface area contributed by atoms with Crippen LogP contribution in [0.15, 0.2) is 28.7 Å². The second kappa shape index (κ2) is 6.69. The molecule has 1 saturated heterocycles. The monoisotopic (exact) mass is 312 g/mol. The summed E-state index contributed by atoms with van der Waals surface area (Å²) in [7, 11) is 0. The molecule has 1 aromatic carbocycles. The molecule has 0 saturated carbocycles. The van der Waals surface area contributed by atoms with Crippen LogP contribution in [0.4, 0.5) is 0 Å². The summed E-state index contributed by atoms with van der Waals surface area (Å²) in [5.41, 5.74) is 1.46. The summed E-state index contributed by atoms with van der Waals surface area (Å²) < 4.78 is 1.17. The molecule has 1 atom stereocenters. The lowest BCUT2D eigenvalue weighted by molar-refractivity contribution is -1.03. The van der Waals surface area contributed by atoms with Gasteiger partial charge in [-0.25, -0.2) is 0 Å². The molecule has 2 rings (SSSR count). The number of hydrogen-bond acceptors (Lipinski definition) is 0. The van der Waals surface area contributed by atoms with Gasteiger partial charge in [-0.3, -0.25) is 0 Å². The van der Waals surface area contributed by atoms with Gasteiger partial charge in [0.1, 0.15) is 32.7 Å².